The van der Waals surface area contributed by atoms with E-state index in [1.165, 1.54) is 0 Å². The highest BCUT2D eigenvalue weighted by Crippen LogP contribution is 2.31. The van der Waals surface area contributed by atoms with Crippen LogP contribution in [0.5, 0.6) is 0 Å². The van der Waals surface area contributed by atoms with Gasteiger partial charge in [-0.25, -0.2) is 4.68 Å². The minimum absolute atomic E-state index is 0.123. The second-order valence-corrected chi connectivity index (χ2v) is 6.40. The Balaban J connectivity index is 1.53. The van der Waals surface area contributed by atoms with Crippen LogP contribution in [0, 0.1) is 11.8 Å². The maximum Gasteiger partial charge on any atom is 0.228 e. The summed E-state index contributed by atoms with van der Waals surface area (Å²) in [5.74, 6) is 1.57. The first-order chi connectivity index (χ1) is 10.1. The van der Waals surface area contributed by atoms with Crippen LogP contribution in [0.4, 0.5) is 5.82 Å². The maximum absolute atomic E-state index is 12.3. The van der Waals surface area contributed by atoms with Gasteiger partial charge < -0.3 is 15.0 Å². The molecule has 0 bridgehead atoms. The van der Waals surface area contributed by atoms with Crippen LogP contribution < -0.4 is 5.32 Å². The van der Waals surface area contributed by atoms with Crippen molar-refractivity contribution >= 4 is 11.7 Å². The molecule has 6 nitrogen and oxygen atoms in total. The van der Waals surface area contributed by atoms with Crippen LogP contribution in [0.3, 0.4) is 0 Å². The van der Waals surface area contributed by atoms with Crippen LogP contribution in [-0.2, 0) is 16.1 Å². The summed E-state index contributed by atoms with van der Waals surface area (Å²) in [6.07, 6.45) is 4.71. The standard InChI is InChI=1S/C15H24N4O2/c1-18(2)13-7-12(8-13)15(20)17-14-3-5-16-19(14)9-11-4-6-21-10-11/h3,5,11-13H,4,6-10H2,1-2H3,(H,17,20). The third-order valence-electron chi connectivity index (χ3n) is 4.64. The second-order valence-electron chi connectivity index (χ2n) is 6.40. The van der Waals surface area contributed by atoms with Crippen LogP contribution in [0.2, 0.25) is 0 Å². The molecular weight excluding hydrogens is 268 g/mol. The van der Waals surface area contributed by atoms with Gasteiger partial charge in [-0.05, 0) is 33.4 Å². The van der Waals surface area contributed by atoms with E-state index >= 15 is 0 Å². The topological polar surface area (TPSA) is 59.4 Å². The number of carbonyl (C=O) groups is 1. The van der Waals surface area contributed by atoms with Gasteiger partial charge in [0.15, 0.2) is 0 Å². The van der Waals surface area contributed by atoms with Crippen molar-refractivity contribution in [1.29, 1.82) is 0 Å². The summed E-state index contributed by atoms with van der Waals surface area (Å²) in [6.45, 7) is 2.44. The normalized spacial score (nSPS) is 28.6. The lowest BCUT2D eigenvalue weighted by Crippen LogP contribution is -2.45. The fourth-order valence-electron chi connectivity index (χ4n) is 3.01. The Morgan fingerprint density at radius 1 is 1.52 bits per heavy atom. The molecule has 116 valence electrons. The summed E-state index contributed by atoms with van der Waals surface area (Å²) in [5.41, 5.74) is 0. The van der Waals surface area contributed by atoms with Crippen molar-refractivity contribution in [2.24, 2.45) is 11.8 Å². The van der Waals surface area contributed by atoms with E-state index in [2.05, 4.69) is 29.4 Å². The number of rotatable bonds is 5. The maximum atomic E-state index is 12.3. The molecule has 2 heterocycles. The lowest BCUT2D eigenvalue weighted by Gasteiger charge is -2.38. The van der Waals surface area contributed by atoms with Gasteiger partial charge in [-0.1, -0.05) is 0 Å². The van der Waals surface area contributed by atoms with Crippen molar-refractivity contribution in [1.82, 2.24) is 14.7 Å². The van der Waals surface area contributed by atoms with Crippen molar-refractivity contribution < 1.29 is 9.53 Å². The summed E-state index contributed by atoms with van der Waals surface area (Å²) in [7, 11) is 4.13. The van der Waals surface area contributed by atoms with Crippen molar-refractivity contribution in [3.05, 3.63) is 12.3 Å². The number of hydrogen-bond acceptors (Lipinski definition) is 4. The SMILES string of the molecule is CN(C)C1CC(C(=O)Nc2ccnn2CC2CCOC2)C1. The molecule has 1 unspecified atom stereocenters. The highest BCUT2D eigenvalue weighted by atomic mass is 16.5. The van der Waals surface area contributed by atoms with E-state index in [4.69, 9.17) is 4.74 Å². The van der Waals surface area contributed by atoms with Crippen molar-refractivity contribution in [2.45, 2.75) is 31.8 Å². The molecule has 1 atom stereocenters. The highest BCUT2D eigenvalue weighted by Gasteiger charge is 2.35. The van der Waals surface area contributed by atoms with Crippen molar-refractivity contribution in [3.8, 4) is 0 Å². The quantitative estimate of drug-likeness (QED) is 0.886. The van der Waals surface area contributed by atoms with Gasteiger partial charge in [0.05, 0.1) is 12.8 Å². The molecule has 1 aliphatic carbocycles. The van der Waals surface area contributed by atoms with E-state index in [9.17, 15) is 4.79 Å². The third kappa shape index (κ3) is 3.27. The molecule has 2 aliphatic rings. The first kappa shape index (κ1) is 14.5. The molecule has 21 heavy (non-hydrogen) atoms. The number of nitrogens with one attached hydrogen (secondary N) is 1. The zero-order valence-corrected chi connectivity index (χ0v) is 12.8. The van der Waals surface area contributed by atoms with Gasteiger partial charge >= 0.3 is 0 Å². The van der Waals surface area contributed by atoms with Gasteiger partial charge in [0.1, 0.15) is 5.82 Å². The molecule has 1 aliphatic heterocycles. The summed E-state index contributed by atoms with van der Waals surface area (Å²) in [4.78, 5) is 14.4. The van der Waals surface area contributed by atoms with E-state index in [0.29, 0.717) is 12.0 Å². The van der Waals surface area contributed by atoms with Crippen LogP contribution in [0.1, 0.15) is 19.3 Å². The van der Waals surface area contributed by atoms with Crippen LogP contribution in [-0.4, -0.2) is 53.9 Å². The first-order valence-corrected chi connectivity index (χ1v) is 7.70. The molecule has 1 saturated heterocycles. The highest BCUT2D eigenvalue weighted by molar-refractivity contribution is 5.92. The number of amides is 1. The minimum atomic E-state index is 0.123. The monoisotopic (exact) mass is 292 g/mol. The van der Waals surface area contributed by atoms with E-state index in [0.717, 1.165) is 44.8 Å². The number of carbonyl (C=O) groups excluding carboxylic acids is 1. The van der Waals surface area contributed by atoms with Gasteiger partial charge in [0.2, 0.25) is 5.91 Å². The Morgan fingerprint density at radius 2 is 2.33 bits per heavy atom. The molecule has 0 radical (unpaired) electrons. The zero-order chi connectivity index (χ0) is 14.8. The van der Waals surface area contributed by atoms with Crippen LogP contribution in [0.15, 0.2) is 12.3 Å². The smallest absolute Gasteiger partial charge is 0.228 e. The summed E-state index contributed by atoms with van der Waals surface area (Å²) >= 11 is 0. The third-order valence-corrected chi connectivity index (χ3v) is 4.64. The molecular formula is C15H24N4O2. The molecule has 3 rings (SSSR count). The van der Waals surface area contributed by atoms with Crippen LogP contribution in [0.25, 0.3) is 0 Å². The van der Waals surface area contributed by atoms with E-state index in [-0.39, 0.29) is 11.8 Å². The van der Waals surface area contributed by atoms with Gasteiger partial charge in [-0.2, -0.15) is 5.10 Å². The number of ether oxygens (including phenoxy) is 1. The first-order valence-electron chi connectivity index (χ1n) is 7.70. The summed E-state index contributed by atoms with van der Waals surface area (Å²) in [5, 5.41) is 7.35. The van der Waals surface area contributed by atoms with Crippen LogP contribution >= 0.6 is 0 Å². The lowest BCUT2D eigenvalue weighted by molar-refractivity contribution is -0.124. The average Bonchev–Trinajstić information content (AvgIpc) is 3.00. The zero-order valence-electron chi connectivity index (χ0n) is 12.8. The number of hydrogen-bond donors (Lipinski definition) is 1. The van der Waals surface area contributed by atoms with Gasteiger partial charge in [-0.15, -0.1) is 0 Å². The molecule has 1 aromatic heterocycles. The fraction of sp³-hybridized carbons (Fsp3) is 0.733. The predicted molar refractivity (Wildman–Crippen MR) is 80.0 cm³/mol. The van der Waals surface area contributed by atoms with Crippen molar-refractivity contribution in [2.75, 3.05) is 32.6 Å². The van der Waals surface area contributed by atoms with Gasteiger partial charge in [0.25, 0.3) is 0 Å². The Labute approximate surface area is 125 Å². The largest absolute Gasteiger partial charge is 0.381 e. The molecule has 6 heteroatoms. The average molecular weight is 292 g/mol. The summed E-state index contributed by atoms with van der Waals surface area (Å²) < 4.78 is 7.28. The minimum Gasteiger partial charge on any atom is -0.381 e. The molecule has 1 aromatic rings. The van der Waals surface area contributed by atoms with E-state index < -0.39 is 0 Å². The Bertz CT molecular complexity index is 488. The van der Waals surface area contributed by atoms with Gasteiger partial charge in [0, 0.05) is 37.1 Å². The molecule has 1 saturated carbocycles. The Hall–Kier alpha value is -1.40. The fourth-order valence-corrected chi connectivity index (χ4v) is 3.01. The number of anilines is 1. The predicted octanol–water partition coefficient (Wildman–Crippen LogP) is 1.20. The Kier molecular flexibility index (Phi) is 4.26. The summed E-state index contributed by atoms with van der Waals surface area (Å²) in [6, 6.07) is 2.41. The molecule has 0 aromatic carbocycles. The molecule has 2 fully saturated rings. The van der Waals surface area contributed by atoms with Crippen molar-refractivity contribution in [3.63, 3.8) is 0 Å². The second kappa shape index (κ2) is 6.15. The molecule has 0 spiro atoms. The van der Waals surface area contributed by atoms with E-state index in [1.54, 1.807) is 6.20 Å². The van der Waals surface area contributed by atoms with Gasteiger partial charge in [-0.3, -0.25) is 4.79 Å². The van der Waals surface area contributed by atoms with E-state index in [1.807, 2.05) is 10.7 Å². The number of aromatic nitrogens is 2. The molecule has 1 amide bonds. The molecule has 1 N–H and O–H groups in total. The Morgan fingerprint density at radius 3 is 3.00 bits per heavy atom. The lowest BCUT2D eigenvalue weighted by atomic mass is 9.79. The number of nitrogens with zero attached hydrogens (tertiary/aromatic N) is 3.